The average molecular weight is 305 g/mol. The molecule has 2 aromatic carbocycles. The first-order valence-corrected chi connectivity index (χ1v) is 7.24. The SMILES string of the molecule is CC(C)Oc1ccccc1-c1cccc(CBr)c1. The van der Waals surface area contributed by atoms with Gasteiger partial charge >= 0.3 is 0 Å². The Bertz CT molecular complexity index is 520. The van der Waals surface area contributed by atoms with E-state index in [1.54, 1.807) is 0 Å². The van der Waals surface area contributed by atoms with Crippen LogP contribution in [0.25, 0.3) is 11.1 Å². The average Bonchev–Trinajstić information content (AvgIpc) is 2.39. The topological polar surface area (TPSA) is 9.23 Å². The first-order chi connectivity index (χ1) is 8.70. The van der Waals surface area contributed by atoms with Gasteiger partial charge in [0.25, 0.3) is 0 Å². The predicted octanol–water partition coefficient (Wildman–Crippen LogP) is 5.04. The van der Waals surface area contributed by atoms with Gasteiger partial charge in [-0.1, -0.05) is 58.4 Å². The Labute approximate surface area is 117 Å². The number of hydrogen-bond donors (Lipinski definition) is 0. The highest BCUT2D eigenvalue weighted by Crippen LogP contribution is 2.31. The van der Waals surface area contributed by atoms with Crippen LogP contribution in [0.4, 0.5) is 0 Å². The summed E-state index contributed by atoms with van der Waals surface area (Å²) in [5.41, 5.74) is 3.61. The fourth-order valence-electron chi connectivity index (χ4n) is 1.88. The van der Waals surface area contributed by atoms with Crippen molar-refractivity contribution >= 4 is 15.9 Å². The molecule has 2 heteroatoms. The van der Waals surface area contributed by atoms with Gasteiger partial charge in [-0.05, 0) is 31.0 Å². The molecule has 0 aliphatic heterocycles. The molecule has 0 N–H and O–H groups in total. The Morgan fingerprint density at radius 3 is 2.56 bits per heavy atom. The molecule has 0 unspecified atom stereocenters. The minimum Gasteiger partial charge on any atom is -0.490 e. The van der Waals surface area contributed by atoms with Crippen molar-refractivity contribution in [1.82, 2.24) is 0 Å². The van der Waals surface area contributed by atoms with Gasteiger partial charge in [0.05, 0.1) is 6.10 Å². The van der Waals surface area contributed by atoms with Gasteiger partial charge in [0.1, 0.15) is 5.75 Å². The van der Waals surface area contributed by atoms with Crippen molar-refractivity contribution in [2.45, 2.75) is 25.3 Å². The zero-order chi connectivity index (χ0) is 13.0. The third kappa shape index (κ3) is 3.14. The van der Waals surface area contributed by atoms with Crippen LogP contribution in [0, 0.1) is 0 Å². The van der Waals surface area contributed by atoms with Crippen molar-refractivity contribution in [3.05, 3.63) is 54.1 Å². The quantitative estimate of drug-likeness (QED) is 0.719. The molecule has 0 aromatic heterocycles. The highest BCUT2D eigenvalue weighted by atomic mass is 79.9. The molecule has 0 saturated carbocycles. The molecule has 0 bridgehead atoms. The summed E-state index contributed by atoms with van der Waals surface area (Å²) < 4.78 is 5.86. The van der Waals surface area contributed by atoms with E-state index in [1.807, 2.05) is 32.0 Å². The second-order valence-corrected chi connectivity index (χ2v) is 5.06. The van der Waals surface area contributed by atoms with Gasteiger partial charge in [0.15, 0.2) is 0 Å². The lowest BCUT2D eigenvalue weighted by atomic mass is 10.0. The Kier molecular flexibility index (Phi) is 4.43. The van der Waals surface area contributed by atoms with Crippen molar-refractivity contribution in [3.63, 3.8) is 0 Å². The Morgan fingerprint density at radius 1 is 1.06 bits per heavy atom. The van der Waals surface area contributed by atoms with Crippen molar-refractivity contribution in [2.24, 2.45) is 0 Å². The molecular formula is C16H17BrO. The highest BCUT2D eigenvalue weighted by Gasteiger charge is 2.07. The van der Waals surface area contributed by atoms with Gasteiger partial charge in [-0.15, -0.1) is 0 Å². The molecule has 94 valence electrons. The van der Waals surface area contributed by atoms with E-state index in [0.717, 1.165) is 16.6 Å². The van der Waals surface area contributed by atoms with E-state index in [1.165, 1.54) is 11.1 Å². The highest BCUT2D eigenvalue weighted by molar-refractivity contribution is 9.08. The van der Waals surface area contributed by atoms with Crippen molar-refractivity contribution < 1.29 is 4.74 Å². The molecule has 0 saturated heterocycles. The van der Waals surface area contributed by atoms with E-state index >= 15 is 0 Å². The van der Waals surface area contributed by atoms with Gasteiger partial charge in [-0.3, -0.25) is 0 Å². The van der Waals surface area contributed by atoms with Crippen LogP contribution in [-0.2, 0) is 5.33 Å². The zero-order valence-corrected chi connectivity index (χ0v) is 12.3. The molecule has 0 heterocycles. The summed E-state index contributed by atoms with van der Waals surface area (Å²) in [4.78, 5) is 0. The molecule has 0 amide bonds. The lowest BCUT2D eigenvalue weighted by Gasteiger charge is -2.14. The van der Waals surface area contributed by atoms with Crippen LogP contribution in [0.1, 0.15) is 19.4 Å². The van der Waals surface area contributed by atoms with E-state index < -0.39 is 0 Å². The van der Waals surface area contributed by atoms with Crippen molar-refractivity contribution in [3.8, 4) is 16.9 Å². The summed E-state index contributed by atoms with van der Waals surface area (Å²) in [5.74, 6) is 0.944. The Balaban J connectivity index is 2.42. The smallest absolute Gasteiger partial charge is 0.127 e. The number of alkyl halides is 1. The summed E-state index contributed by atoms with van der Waals surface area (Å²) in [6.07, 6.45) is 0.186. The van der Waals surface area contributed by atoms with E-state index in [4.69, 9.17) is 4.74 Å². The molecular weight excluding hydrogens is 288 g/mol. The summed E-state index contributed by atoms with van der Waals surface area (Å²) in [6.45, 7) is 4.09. The number of halogens is 1. The van der Waals surface area contributed by atoms with Gasteiger partial charge in [0.2, 0.25) is 0 Å². The third-order valence-electron chi connectivity index (χ3n) is 2.64. The van der Waals surface area contributed by atoms with Gasteiger partial charge in [-0.2, -0.15) is 0 Å². The standard InChI is InChI=1S/C16H17BrO/c1-12(2)18-16-9-4-3-8-15(16)14-7-5-6-13(10-14)11-17/h3-10,12H,11H2,1-2H3. The number of hydrogen-bond acceptors (Lipinski definition) is 1. The molecule has 0 radical (unpaired) electrons. The number of para-hydroxylation sites is 1. The van der Waals surface area contributed by atoms with E-state index in [0.29, 0.717) is 0 Å². The molecule has 2 aromatic rings. The number of rotatable bonds is 4. The van der Waals surface area contributed by atoms with Crippen LogP contribution >= 0.6 is 15.9 Å². The molecule has 0 aliphatic carbocycles. The van der Waals surface area contributed by atoms with Crippen LogP contribution in [0.3, 0.4) is 0 Å². The van der Waals surface area contributed by atoms with Gasteiger partial charge < -0.3 is 4.74 Å². The fourth-order valence-corrected chi connectivity index (χ4v) is 2.23. The minimum atomic E-state index is 0.186. The summed E-state index contributed by atoms with van der Waals surface area (Å²) in [7, 11) is 0. The minimum absolute atomic E-state index is 0.186. The molecule has 1 nitrogen and oxygen atoms in total. The molecule has 0 aliphatic rings. The lowest BCUT2D eigenvalue weighted by molar-refractivity contribution is 0.243. The van der Waals surface area contributed by atoms with Crippen LogP contribution in [0.15, 0.2) is 48.5 Å². The van der Waals surface area contributed by atoms with E-state index in [9.17, 15) is 0 Å². The monoisotopic (exact) mass is 304 g/mol. The summed E-state index contributed by atoms with van der Waals surface area (Å²) >= 11 is 3.49. The van der Waals surface area contributed by atoms with Gasteiger partial charge in [0, 0.05) is 10.9 Å². The Hall–Kier alpha value is -1.28. The molecule has 0 fully saturated rings. The normalized spacial score (nSPS) is 10.7. The largest absolute Gasteiger partial charge is 0.490 e. The predicted molar refractivity (Wildman–Crippen MR) is 80.3 cm³/mol. The van der Waals surface area contributed by atoms with E-state index in [2.05, 4.69) is 46.3 Å². The van der Waals surface area contributed by atoms with Crippen molar-refractivity contribution in [1.29, 1.82) is 0 Å². The Morgan fingerprint density at radius 2 is 1.83 bits per heavy atom. The molecule has 0 atom stereocenters. The summed E-state index contributed by atoms with van der Waals surface area (Å²) in [5, 5.41) is 0.869. The van der Waals surface area contributed by atoms with E-state index in [-0.39, 0.29) is 6.10 Å². The van der Waals surface area contributed by atoms with Crippen LogP contribution in [-0.4, -0.2) is 6.10 Å². The maximum atomic E-state index is 5.86. The van der Waals surface area contributed by atoms with Gasteiger partial charge in [-0.25, -0.2) is 0 Å². The second-order valence-electron chi connectivity index (χ2n) is 4.50. The maximum absolute atomic E-state index is 5.86. The first kappa shape index (κ1) is 13.2. The van der Waals surface area contributed by atoms with Crippen LogP contribution in [0.2, 0.25) is 0 Å². The van der Waals surface area contributed by atoms with Crippen molar-refractivity contribution in [2.75, 3.05) is 0 Å². The molecule has 2 rings (SSSR count). The first-order valence-electron chi connectivity index (χ1n) is 6.11. The fraction of sp³-hybridized carbons (Fsp3) is 0.250. The third-order valence-corrected chi connectivity index (χ3v) is 3.29. The van der Waals surface area contributed by atoms with Crippen LogP contribution < -0.4 is 4.74 Å². The summed E-state index contributed by atoms with van der Waals surface area (Å²) in [6, 6.07) is 16.7. The second kappa shape index (κ2) is 6.05. The number of ether oxygens (including phenoxy) is 1. The molecule has 18 heavy (non-hydrogen) atoms. The number of benzene rings is 2. The lowest BCUT2D eigenvalue weighted by Crippen LogP contribution is -2.06. The molecule has 0 spiro atoms. The maximum Gasteiger partial charge on any atom is 0.127 e. The zero-order valence-electron chi connectivity index (χ0n) is 10.7. The van der Waals surface area contributed by atoms with Crippen LogP contribution in [0.5, 0.6) is 5.75 Å².